The summed E-state index contributed by atoms with van der Waals surface area (Å²) in [6.07, 6.45) is 0. The monoisotopic (exact) mass is 439 g/mol. The van der Waals surface area contributed by atoms with E-state index in [-0.39, 0.29) is 0 Å². The van der Waals surface area contributed by atoms with E-state index in [0.717, 1.165) is 0 Å². The summed E-state index contributed by atoms with van der Waals surface area (Å²) < 4.78 is -1.76. The Labute approximate surface area is 153 Å². The minimum Gasteiger partial charge on any atom is -0.320 e. The predicted octanol–water partition coefficient (Wildman–Crippen LogP) is 3.77. The zero-order chi connectivity index (χ0) is 14.5. The first kappa shape index (κ1) is 14.0. The van der Waals surface area contributed by atoms with Gasteiger partial charge in [-0.3, -0.25) is 0 Å². The van der Waals surface area contributed by atoms with Crippen LogP contribution in [0.1, 0.15) is 0 Å². The van der Waals surface area contributed by atoms with Crippen LogP contribution in [0.4, 0.5) is 0 Å². The van der Waals surface area contributed by atoms with Crippen LogP contribution in [0, 0.1) is 0 Å². The summed E-state index contributed by atoms with van der Waals surface area (Å²) in [7, 11) is 0. The molecule has 2 N–H and O–H groups in total. The molecule has 0 spiro atoms. The van der Waals surface area contributed by atoms with Crippen molar-refractivity contribution in [2.45, 2.75) is 44.0 Å². The van der Waals surface area contributed by atoms with Crippen LogP contribution in [-0.4, -0.2) is 44.0 Å². The van der Waals surface area contributed by atoms with E-state index in [2.05, 4.69) is 0 Å². The highest BCUT2D eigenvalue weighted by Gasteiger charge is 3.36. The molecule has 0 aromatic rings. The van der Waals surface area contributed by atoms with E-state index in [4.69, 9.17) is 110 Å². The Kier molecular flexibility index (Phi) is 1.81. The molecule has 6 saturated carbocycles. The smallest absolute Gasteiger partial charge is 0.163 e. The molecule has 106 valence electrons. The Morgan fingerprint density at radius 3 is 1.05 bits per heavy atom. The van der Waals surface area contributed by atoms with Crippen molar-refractivity contribution in [2.24, 2.45) is 5.73 Å². The average Bonchev–Trinajstić information content (AvgIpc) is 2.44. The van der Waals surface area contributed by atoms with Crippen molar-refractivity contribution in [3.05, 3.63) is 0 Å². The number of rotatable bonds is 0. The number of hydrogen-bond acceptors (Lipinski definition) is 1. The van der Waals surface area contributed by atoms with Gasteiger partial charge in [-0.2, -0.15) is 0 Å². The van der Waals surface area contributed by atoms with Gasteiger partial charge in [0.2, 0.25) is 0 Å². The SMILES string of the molecule is NC12C3(Cl)[C@@]4(Cl)C5(Cl)C(Cl)(Cl)C(Cl)([C@]14Cl)[C@]2(Cl)[C@]53Cl. The Hall–Kier alpha value is 2.57. The third-order valence-corrected chi connectivity index (χ3v) is 14.6. The number of halogens is 9. The van der Waals surface area contributed by atoms with Crippen molar-refractivity contribution >= 4 is 104 Å². The van der Waals surface area contributed by atoms with Crippen LogP contribution in [0.15, 0.2) is 0 Å². The van der Waals surface area contributed by atoms with Gasteiger partial charge in [-0.25, -0.2) is 0 Å². The van der Waals surface area contributed by atoms with Gasteiger partial charge in [0, 0.05) is 0 Å². The summed E-state index contributed by atoms with van der Waals surface area (Å²) in [6, 6.07) is 0. The van der Waals surface area contributed by atoms with Crippen LogP contribution < -0.4 is 5.73 Å². The first-order valence-electron chi connectivity index (χ1n) is 5.24. The summed E-state index contributed by atoms with van der Waals surface area (Å²) >= 11 is 59.1. The largest absolute Gasteiger partial charge is 0.320 e. The highest BCUT2D eigenvalue weighted by molar-refractivity contribution is 6.78. The van der Waals surface area contributed by atoms with Gasteiger partial charge in [-0.05, 0) is 0 Å². The second-order valence-electron chi connectivity index (χ2n) is 5.99. The molecular formula is C9H2Cl9N. The number of nitrogens with two attached hydrogens (primary N) is 1. The third kappa shape index (κ3) is 0.496. The summed E-state index contributed by atoms with van der Waals surface area (Å²) in [6.45, 7) is 0. The minimum absolute atomic E-state index is 1.27. The maximum atomic E-state index is 6.62. The van der Waals surface area contributed by atoms with Crippen molar-refractivity contribution in [2.75, 3.05) is 0 Å². The van der Waals surface area contributed by atoms with E-state index in [9.17, 15) is 0 Å². The van der Waals surface area contributed by atoms with Crippen LogP contribution in [0.25, 0.3) is 0 Å². The highest BCUT2D eigenvalue weighted by Crippen LogP contribution is 3.15. The average molecular weight is 443 g/mol. The highest BCUT2D eigenvalue weighted by atomic mass is 35.5. The van der Waals surface area contributed by atoms with Crippen LogP contribution in [-0.2, 0) is 0 Å². The molecule has 2 bridgehead atoms. The predicted molar refractivity (Wildman–Crippen MR) is 81.4 cm³/mol. The standard InChI is InChI=1S/C9H2Cl9N/c10-1-3(12)2(11)5(14)7(16,4(1,13)8(3,5)19)9(17,18)6(1,2)15/h19H2/t1-,2-,3?,4-,5+,6?,7?,8?/m0/s1. The number of hydrogen-bond donors (Lipinski definition) is 1. The molecule has 19 heavy (non-hydrogen) atoms. The van der Waals surface area contributed by atoms with Crippen LogP contribution in [0.5, 0.6) is 0 Å². The molecule has 6 aliphatic rings. The lowest BCUT2D eigenvalue weighted by Gasteiger charge is -3.05. The fourth-order valence-electron chi connectivity index (χ4n) is 5.81. The maximum absolute atomic E-state index is 6.62. The molecule has 0 aromatic heterocycles. The molecule has 10 heteroatoms. The van der Waals surface area contributed by atoms with Gasteiger partial charge >= 0.3 is 0 Å². The lowest BCUT2D eigenvalue weighted by Crippen LogP contribution is -3.30. The van der Waals surface area contributed by atoms with Crippen molar-refractivity contribution in [3.8, 4) is 0 Å². The van der Waals surface area contributed by atoms with E-state index in [1.165, 1.54) is 0 Å². The molecule has 0 aromatic carbocycles. The third-order valence-electron chi connectivity index (χ3n) is 6.29. The first-order chi connectivity index (χ1) is 8.25. The summed E-state index contributed by atoms with van der Waals surface area (Å²) in [4.78, 5) is -10.1. The lowest BCUT2D eigenvalue weighted by molar-refractivity contribution is -0.284. The molecule has 0 amide bonds. The molecule has 6 aliphatic carbocycles. The van der Waals surface area contributed by atoms with Crippen LogP contribution in [0.2, 0.25) is 0 Å². The van der Waals surface area contributed by atoms with Gasteiger partial charge in [0.25, 0.3) is 0 Å². The minimum atomic E-state index is -1.76. The summed E-state index contributed by atoms with van der Waals surface area (Å²) in [5, 5.41) is 0. The molecule has 0 saturated heterocycles. The first-order valence-corrected chi connectivity index (χ1v) is 8.64. The molecule has 1 nitrogen and oxygen atoms in total. The Morgan fingerprint density at radius 2 is 0.684 bits per heavy atom. The second-order valence-corrected chi connectivity index (χ2v) is 11.3. The molecule has 6 rings (SSSR count). The van der Waals surface area contributed by atoms with Gasteiger partial charge in [0.05, 0.1) is 5.54 Å². The molecule has 0 radical (unpaired) electrons. The Balaban J connectivity index is 2.02. The second kappa shape index (κ2) is 2.46. The molecule has 6 fully saturated rings. The summed E-state index contributed by atoms with van der Waals surface area (Å²) in [5.41, 5.74) is 5.03. The van der Waals surface area contributed by atoms with Gasteiger partial charge in [-0.1, -0.05) is 23.2 Å². The van der Waals surface area contributed by atoms with Gasteiger partial charge in [0.15, 0.2) is 4.33 Å². The van der Waals surface area contributed by atoms with E-state index in [1.807, 2.05) is 0 Å². The Bertz CT molecular complexity index is 549. The van der Waals surface area contributed by atoms with Crippen LogP contribution in [0.3, 0.4) is 0 Å². The number of alkyl halides is 9. The Morgan fingerprint density at radius 1 is 0.421 bits per heavy atom. The van der Waals surface area contributed by atoms with E-state index in [0.29, 0.717) is 0 Å². The maximum Gasteiger partial charge on any atom is 0.163 e. The van der Waals surface area contributed by atoms with E-state index < -0.39 is 44.0 Å². The zero-order valence-electron chi connectivity index (χ0n) is 8.48. The molecule has 8 atom stereocenters. The fraction of sp³-hybridized carbons (Fsp3) is 1.00. The lowest BCUT2D eigenvalue weighted by atomic mass is 9.13. The van der Waals surface area contributed by atoms with Gasteiger partial charge in [-0.15, -0.1) is 81.2 Å². The van der Waals surface area contributed by atoms with E-state index in [1.54, 1.807) is 0 Å². The van der Waals surface area contributed by atoms with Gasteiger partial charge in [0.1, 0.15) is 34.1 Å². The van der Waals surface area contributed by atoms with Crippen molar-refractivity contribution in [1.82, 2.24) is 0 Å². The van der Waals surface area contributed by atoms with Crippen molar-refractivity contribution < 1.29 is 0 Å². The topological polar surface area (TPSA) is 26.0 Å². The molecular weight excluding hydrogens is 441 g/mol. The van der Waals surface area contributed by atoms with Crippen molar-refractivity contribution in [1.29, 1.82) is 0 Å². The normalized spacial score (nSPS) is 87.5. The van der Waals surface area contributed by atoms with Crippen molar-refractivity contribution in [3.63, 3.8) is 0 Å². The summed E-state index contributed by atoms with van der Waals surface area (Å²) in [5.74, 6) is 0. The molecule has 4 unspecified atom stereocenters. The quantitative estimate of drug-likeness (QED) is 0.567. The molecule has 0 heterocycles. The fourth-order valence-corrected chi connectivity index (χ4v) is 13.8. The molecule has 0 aliphatic heterocycles. The van der Waals surface area contributed by atoms with Crippen LogP contribution >= 0.6 is 104 Å². The van der Waals surface area contributed by atoms with E-state index >= 15 is 0 Å². The van der Waals surface area contributed by atoms with Gasteiger partial charge < -0.3 is 5.73 Å². The zero-order valence-corrected chi connectivity index (χ0v) is 15.3.